The van der Waals surface area contributed by atoms with Gasteiger partial charge in [-0.3, -0.25) is 4.79 Å². The summed E-state index contributed by atoms with van der Waals surface area (Å²) < 4.78 is 10.8. The third-order valence-corrected chi connectivity index (χ3v) is 3.31. The number of nitrogens with one attached hydrogen (secondary N) is 1. The van der Waals surface area contributed by atoms with E-state index in [1.165, 1.54) is 0 Å². The van der Waals surface area contributed by atoms with Crippen molar-refractivity contribution < 1.29 is 14.3 Å². The van der Waals surface area contributed by atoms with Crippen LogP contribution in [0.3, 0.4) is 0 Å². The molecule has 0 bridgehead atoms. The number of amides is 1. The Hall–Kier alpha value is -2.53. The van der Waals surface area contributed by atoms with Crippen LogP contribution in [0.15, 0.2) is 53.6 Å². The second-order valence-corrected chi connectivity index (χ2v) is 5.06. The Morgan fingerprint density at radius 1 is 1.23 bits per heavy atom. The number of fused-ring (bicyclic) bond motifs is 1. The molecule has 0 fully saturated rings. The number of nitrogens with zero attached hydrogens (tertiary/aromatic N) is 1. The minimum Gasteiger partial charge on any atom is -0.487 e. The van der Waals surface area contributed by atoms with Crippen molar-refractivity contribution in [2.75, 3.05) is 13.2 Å². The van der Waals surface area contributed by atoms with Gasteiger partial charge in [0.05, 0.1) is 0 Å². The Morgan fingerprint density at radius 3 is 2.82 bits per heavy atom. The molecule has 6 heteroatoms. The van der Waals surface area contributed by atoms with E-state index >= 15 is 0 Å². The van der Waals surface area contributed by atoms with Crippen molar-refractivity contribution in [3.63, 3.8) is 0 Å². The number of rotatable bonds is 4. The zero-order valence-corrected chi connectivity index (χ0v) is 12.3. The third kappa shape index (κ3) is 3.38. The van der Waals surface area contributed by atoms with Gasteiger partial charge >= 0.3 is 0 Å². The lowest BCUT2D eigenvalue weighted by Crippen LogP contribution is -2.26. The Bertz CT molecular complexity index is 714. The normalized spacial score (nSPS) is 14.3. The number of para-hydroxylation sites is 1. The quantitative estimate of drug-likeness (QED) is 0.882. The average Bonchev–Trinajstić information content (AvgIpc) is 2.96. The molecule has 0 saturated heterocycles. The van der Waals surface area contributed by atoms with Crippen LogP contribution in [0, 0.1) is 0 Å². The molecule has 5 nitrogen and oxygen atoms in total. The lowest BCUT2D eigenvalue weighted by Gasteiger charge is -2.05. The molecule has 0 aliphatic carbocycles. The highest BCUT2D eigenvalue weighted by atomic mass is 35.5. The first-order valence-corrected chi connectivity index (χ1v) is 7.06. The fourth-order valence-electron chi connectivity index (χ4n) is 1.99. The van der Waals surface area contributed by atoms with Crippen molar-refractivity contribution >= 4 is 23.2 Å². The maximum Gasteiger partial charge on any atom is 0.277 e. The topological polar surface area (TPSA) is 59.9 Å². The SMILES string of the molecule is O=C(COc1ccc(Cl)cc1)N/N=C1\COc2ccccc21. The second kappa shape index (κ2) is 6.49. The van der Waals surface area contributed by atoms with E-state index < -0.39 is 0 Å². The molecule has 0 saturated carbocycles. The summed E-state index contributed by atoms with van der Waals surface area (Å²) in [6.07, 6.45) is 0. The first-order valence-electron chi connectivity index (χ1n) is 6.68. The van der Waals surface area contributed by atoms with Gasteiger partial charge in [-0.25, -0.2) is 5.43 Å². The van der Waals surface area contributed by atoms with Gasteiger partial charge in [0.2, 0.25) is 0 Å². The molecule has 2 aromatic carbocycles. The van der Waals surface area contributed by atoms with Gasteiger partial charge in [-0.1, -0.05) is 23.7 Å². The number of hydrogen-bond acceptors (Lipinski definition) is 4. The maximum atomic E-state index is 11.7. The zero-order chi connectivity index (χ0) is 15.4. The van der Waals surface area contributed by atoms with Crippen LogP contribution < -0.4 is 14.9 Å². The highest BCUT2D eigenvalue weighted by molar-refractivity contribution is 6.30. The molecular weight excluding hydrogens is 304 g/mol. The highest BCUT2D eigenvalue weighted by Gasteiger charge is 2.18. The van der Waals surface area contributed by atoms with Crippen LogP contribution in [0.5, 0.6) is 11.5 Å². The Labute approximate surface area is 132 Å². The maximum absolute atomic E-state index is 11.7. The first-order chi connectivity index (χ1) is 10.7. The molecule has 0 aromatic heterocycles. The van der Waals surface area contributed by atoms with Crippen LogP contribution in [0.1, 0.15) is 5.56 Å². The molecular formula is C16H13ClN2O3. The first kappa shape index (κ1) is 14.4. The number of benzene rings is 2. The summed E-state index contributed by atoms with van der Waals surface area (Å²) in [5.74, 6) is 1.00. The summed E-state index contributed by atoms with van der Waals surface area (Å²) in [5, 5.41) is 4.70. The van der Waals surface area contributed by atoms with Gasteiger partial charge in [0.15, 0.2) is 6.61 Å². The molecule has 1 aliphatic rings. The second-order valence-electron chi connectivity index (χ2n) is 4.62. The van der Waals surface area contributed by atoms with Crippen molar-refractivity contribution in [3.8, 4) is 11.5 Å². The third-order valence-electron chi connectivity index (χ3n) is 3.06. The molecule has 2 aromatic rings. The largest absolute Gasteiger partial charge is 0.487 e. The van der Waals surface area contributed by atoms with Crippen molar-refractivity contribution in [1.29, 1.82) is 0 Å². The Kier molecular flexibility index (Phi) is 4.25. The van der Waals surface area contributed by atoms with Crippen molar-refractivity contribution in [3.05, 3.63) is 59.1 Å². The van der Waals surface area contributed by atoms with Crippen LogP contribution in [-0.2, 0) is 4.79 Å². The number of halogens is 1. The van der Waals surface area contributed by atoms with Gasteiger partial charge in [0.1, 0.15) is 23.8 Å². The zero-order valence-electron chi connectivity index (χ0n) is 11.6. The summed E-state index contributed by atoms with van der Waals surface area (Å²) in [6.45, 7) is 0.221. The summed E-state index contributed by atoms with van der Waals surface area (Å²) in [7, 11) is 0. The van der Waals surface area contributed by atoms with E-state index in [4.69, 9.17) is 21.1 Å². The predicted octanol–water partition coefficient (Wildman–Crippen LogP) is 2.63. The minimum absolute atomic E-state index is 0.124. The van der Waals surface area contributed by atoms with E-state index in [9.17, 15) is 4.79 Å². The van der Waals surface area contributed by atoms with Crippen LogP contribution in [0.4, 0.5) is 0 Å². The van der Waals surface area contributed by atoms with Gasteiger partial charge in [0.25, 0.3) is 5.91 Å². The average molecular weight is 317 g/mol. The van der Waals surface area contributed by atoms with Gasteiger partial charge in [-0.15, -0.1) is 0 Å². The number of carbonyl (C=O) groups excluding carboxylic acids is 1. The van der Waals surface area contributed by atoms with E-state index in [1.807, 2.05) is 24.3 Å². The van der Waals surface area contributed by atoms with Gasteiger partial charge in [-0.05, 0) is 36.4 Å². The van der Waals surface area contributed by atoms with Crippen molar-refractivity contribution in [1.82, 2.24) is 5.43 Å². The minimum atomic E-state index is -0.341. The van der Waals surface area contributed by atoms with Crippen LogP contribution in [0.25, 0.3) is 0 Å². The van der Waals surface area contributed by atoms with E-state index in [0.29, 0.717) is 23.1 Å². The van der Waals surface area contributed by atoms with E-state index in [1.54, 1.807) is 24.3 Å². The summed E-state index contributed by atoms with van der Waals surface area (Å²) in [5.41, 5.74) is 4.05. The Balaban J connectivity index is 1.55. The molecule has 0 radical (unpaired) electrons. The number of hydrogen-bond donors (Lipinski definition) is 1. The fourth-order valence-corrected chi connectivity index (χ4v) is 2.12. The predicted molar refractivity (Wildman–Crippen MR) is 83.6 cm³/mol. The molecule has 1 heterocycles. The molecule has 1 amide bonds. The number of ether oxygens (including phenoxy) is 2. The van der Waals surface area contributed by atoms with Gasteiger partial charge < -0.3 is 9.47 Å². The van der Waals surface area contributed by atoms with E-state index in [0.717, 1.165) is 11.3 Å². The highest BCUT2D eigenvalue weighted by Crippen LogP contribution is 2.24. The molecule has 0 spiro atoms. The van der Waals surface area contributed by atoms with Gasteiger partial charge in [-0.2, -0.15) is 5.10 Å². The molecule has 22 heavy (non-hydrogen) atoms. The monoisotopic (exact) mass is 316 g/mol. The van der Waals surface area contributed by atoms with Crippen LogP contribution in [0.2, 0.25) is 5.02 Å². The van der Waals surface area contributed by atoms with Crippen LogP contribution >= 0.6 is 11.6 Å². The molecule has 0 unspecified atom stereocenters. The molecule has 1 aliphatic heterocycles. The summed E-state index contributed by atoms with van der Waals surface area (Å²) in [4.78, 5) is 11.7. The van der Waals surface area contributed by atoms with Gasteiger partial charge in [0, 0.05) is 10.6 Å². The Morgan fingerprint density at radius 2 is 2.00 bits per heavy atom. The van der Waals surface area contributed by atoms with Crippen LogP contribution in [-0.4, -0.2) is 24.8 Å². The lowest BCUT2D eigenvalue weighted by atomic mass is 10.1. The van der Waals surface area contributed by atoms with E-state index in [2.05, 4.69) is 10.5 Å². The molecule has 3 rings (SSSR count). The molecule has 1 N–H and O–H groups in total. The van der Waals surface area contributed by atoms with Crippen molar-refractivity contribution in [2.45, 2.75) is 0 Å². The standard InChI is InChI=1S/C16H13ClN2O3/c17-11-5-7-12(8-6-11)21-10-16(20)19-18-14-9-22-15-4-2-1-3-13(14)15/h1-8H,9-10H2,(H,19,20)/b18-14+. The fraction of sp³-hybridized carbons (Fsp3) is 0.125. The number of hydrazone groups is 1. The summed E-state index contributed by atoms with van der Waals surface area (Å²) in [6, 6.07) is 14.3. The van der Waals surface area contributed by atoms with E-state index in [-0.39, 0.29) is 12.5 Å². The molecule has 112 valence electrons. The molecule has 0 atom stereocenters. The number of carbonyl (C=O) groups is 1. The van der Waals surface area contributed by atoms with Crippen molar-refractivity contribution in [2.24, 2.45) is 5.10 Å². The summed E-state index contributed by atoms with van der Waals surface area (Å²) >= 11 is 5.77. The smallest absolute Gasteiger partial charge is 0.277 e. The lowest BCUT2D eigenvalue weighted by molar-refractivity contribution is -0.123.